The lowest BCUT2D eigenvalue weighted by Gasteiger charge is -2.03. The molecule has 4 nitrogen and oxygen atoms in total. The third-order valence-electron chi connectivity index (χ3n) is 2.14. The summed E-state index contributed by atoms with van der Waals surface area (Å²) < 4.78 is 0. The highest BCUT2D eigenvalue weighted by atomic mass is 35.5. The molecule has 5 heteroatoms. The molecule has 0 aliphatic heterocycles. The van der Waals surface area contributed by atoms with Crippen molar-refractivity contribution in [1.29, 1.82) is 0 Å². The van der Waals surface area contributed by atoms with E-state index in [0.717, 1.165) is 10.9 Å². The van der Waals surface area contributed by atoms with Gasteiger partial charge in [-0.15, -0.1) is 0 Å². The number of nitrogens with zero attached hydrogens (tertiary/aromatic N) is 1. The summed E-state index contributed by atoms with van der Waals surface area (Å²) in [6.07, 6.45) is 1.67. The maximum Gasteiger partial charge on any atom is 0.251 e. The molecule has 82 valence electrons. The minimum absolute atomic E-state index is 0.176. The van der Waals surface area contributed by atoms with Crippen molar-refractivity contribution in [2.45, 2.75) is 0 Å². The van der Waals surface area contributed by atoms with Gasteiger partial charge < -0.3 is 5.32 Å². The fourth-order valence-corrected chi connectivity index (χ4v) is 1.43. The molecule has 0 radical (unpaired) electrons. The topological polar surface area (TPSA) is 57.8 Å². The van der Waals surface area contributed by atoms with E-state index in [9.17, 15) is 4.79 Å². The number of fused-ring (bicyclic) bond motifs is 1. The van der Waals surface area contributed by atoms with Gasteiger partial charge in [-0.25, -0.2) is 0 Å². The van der Waals surface area contributed by atoms with E-state index in [-0.39, 0.29) is 12.5 Å². The Balaban J connectivity index is 2.19. The number of hydrogen-bond donors (Lipinski definition) is 2. The summed E-state index contributed by atoms with van der Waals surface area (Å²) in [6, 6.07) is 5.31. The monoisotopic (exact) mass is 235 g/mol. The number of carbonyl (C=O) groups is 1. The van der Waals surface area contributed by atoms with Crippen molar-refractivity contribution in [3.8, 4) is 0 Å². The summed E-state index contributed by atoms with van der Waals surface area (Å²) in [5.41, 5.74) is 1.48. The molecule has 0 spiro atoms. The van der Waals surface area contributed by atoms with Gasteiger partial charge in [0.1, 0.15) is 0 Å². The van der Waals surface area contributed by atoms with Gasteiger partial charge >= 0.3 is 0 Å². The van der Waals surface area contributed by atoms with Crippen molar-refractivity contribution in [1.82, 2.24) is 15.5 Å². The summed E-state index contributed by atoms with van der Waals surface area (Å²) in [7, 11) is 0. The number of H-pyrrole nitrogens is 1. The molecule has 2 rings (SSSR count). The van der Waals surface area contributed by atoms with Gasteiger partial charge in [0, 0.05) is 16.0 Å². The summed E-state index contributed by atoms with van der Waals surface area (Å²) in [5.74, 6) is -0.176. The molecule has 2 aromatic rings. The van der Waals surface area contributed by atoms with Crippen LogP contribution in [0.4, 0.5) is 0 Å². The van der Waals surface area contributed by atoms with Crippen LogP contribution in [-0.2, 0) is 0 Å². The van der Waals surface area contributed by atoms with E-state index in [2.05, 4.69) is 22.1 Å². The van der Waals surface area contributed by atoms with Crippen LogP contribution in [0.5, 0.6) is 0 Å². The van der Waals surface area contributed by atoms with Gasteiger partial charge in [0.05, 0.1) is 18.3 Å². The Labute approximate surface area is 97.3 Å². The van der Waals surface area contributed by atoms with Crippen molar-refractivity contribution >= 4 is 28.4 Å². The number of hydrogen-bond acceptors (Lipinski definition) is 2. The van der Waals surface area contributed by atoms with E-state index in [1.807, 2.05) is 6.07 Å². The highest BCUT2D eigenvalue weighted by Gasteiger charge is 2.06. The molecular formula is C11H10ClN3O. The van der Waals surface area contributed by atoms with Crippen LogP contribution in [0.2, 0.25) is 0 Å². The Morgan fingerprint density at radius 1 is 1.56 bits per heavy atom. The number of carbonyl (C=O) groups excluding carboxylic acids is 1. The quantitative estimate of drug-likeness (QED) is 0.856. The molecule has 1 aromatic heterocycles. The third-order valence-corrected chi connectivity index (χ3v) is 2.28. The number of benzene rings is 1. The van der Waals surface area contributed by atoms with E-state index in [0.29, 0.717) is 10.6 Å². The van der Waals surface area contributed by atoms with Crippen molar-refractivity contribution in [3.05, 3.63) is 41.6 Å². The molecule has 0 unspecified atom stereocenters. The van der Waals surface area contributed by atoms with Crippen LogP contribution in [0, 0.1) is 0 Å². The minimum Gasteiger partial charge on any atom is -0.347 e. The molecule has 16 heavy (non-hydrogen) atoms. The molecule has 0 bridgehead atoms. The van der Waals surface area contributed by atoms with Crippen LogP contribution in [-0.4, -0.2) is 22.6 Å². The van der Waals surface area contributed by atoms with Crippen LogP contribution in [0.25, 0.3) is 10.9 Å². The number of halogens is 1. The highest BCUT2D eigenvalue weighted by Crippen LogP contribution is 2.12. The highest BCUT2D eigenvalue weighted by molar-refractivity contribution is 6.29. The number of aromatic nitrogens is 2. The fourth-order valence-electron chi connectivity index (χ4n) is 1.36. The lowest BCUT2D eigenvalue weighted by molar-refractivity contribution is 0.0958. The van der Waals surface area contributed by atoms with E-state index in [1.165, 1.54) is 0 Å². The molecule has 0 aliphatic carbocycles. The Morgan fingerprint density at radius 3 is 3.12 bits per heavy atom. The standard InChI is InChI=1S/C11H10ClN3O/c1-7(12)5-13-11(16)8-2-3-10-9(4-8)6-14-15-10/h2-4,6H,1,5H2,(H,13,16)(H,14,15). The van der Waals surface area contributed by atoms with Crippen molar-refractivity contribution in [3.63, 3.8) is 0 Å². The van der Waals surface area contributed by atoms with E-state index in [1.54, 1.807) is 18.3 Å². The third kappa shape index (κ3) is 2.23. The molecule has 0 saturated heterocycles. The van der Waals surface area contributed by atoms with E-state index >= 15 is 0 Å². The lowest BCUT2D eigenvalue weighted by Crippen LogP contribution is -2.24. The van der Waals surface area contributed by atoms with Gasteiger partial charge in [0.2, 0.25) is 0 Å². The maximum atomic E-state index is 11.7. The molecule has 2 N–H and O–H groups in total. The molecule has 0 saturated carbocycles. The molecule has 0 atom stereocenters. The summed E-state index contributed by atoms with van der Waals surface area (Å²) in [4.78, 5) is 11.7. The zero-order chi connectivity index (χ0) is 11.5. The normalized spacial score (nSPS) is 10.3. The second kappa shape index (κ2) is 4.37. The van der Waals surface area contributed by atoms with E-state index in [4.69, 9.17) is 11.6 Å². The smallest absolute Gasteiger partial charge is 0.251 e. The minimum atomic E-state index is -0.176. The summed E-state index contributed by atoms with van der Waals surface area (Å²) in [5, 5.41) is 10.7. The molecule has 1 heterocycles. The average Bonchev–Trinajstić information content (AvgIpc) is 2.72. The van der Waals surface area contributed by atoms with Gasteiger partial charge in [-0.1, -0.05) is 18.2 Å². The van der Waals surface area contributed by atoms with Crippen LogP contribution in [0.1, 0.15) is 10.4 Å². The molecule has 0 fully saturated rings. The summed E-state index contributed by atoms with van der Waals surface area (Å²) >= 11 is 5.56. The second-order valence-electron chi connectivity index (χ2n) is 3.37. The first kappa shape index (κ1) is 10.7. The Bertz CT molecular complexity index is 547. The molecule has 1 aromatic carbocycles. The Morgan fingerprint density at radius 2 is 2.38 bits per heavy atom. The van der Waals surface area contributed by atoms with Gasteiger partial charge in [0.15, 0.2) is 0 Å². The first-order chi connectivity index (χ1) is 7.66. The van der Waals surface area contributed by atoms with Crippen molar-refractivity contribution in [2.75, 3.05) is 6.54 Å². The van der Waals surface area contributed by atoms with Crippen molar-refractivity contribution in [2.24, 2.45) is 0 Å². The number of nitrogens with one attached hydrogen (secondary N) is 2. The summed E-state index contributed by atoms with van der Waals surface area (Å²) in [6.45, 7) is 3.77. The number of aromatic amines is 1. The Hall–Kier alpha value is -1.81. The average molecular weight is 236 g/mol. The zero-order valence-corrected chi connectivity index (χ0v) is 9.21. The van der Waals surface area contributed by atoms with Crippen LogP contribution < -0.4 is 5.32 Å². The SMILES string of the molecule is C=C(Cl)CNC(=O)c1ccc2[nH]ncc2c1. The molecule has 1 amide bonds. The molecule has 0 aliphatic rings. The van der Waals surface area contributed by atoms with Crippen molar-refractivity contribution < 1.29 is 4.79 Å². The maximum absolute atomic E-state index is 11.7. The van der Waals surface area contributed by atoms with Crippen LogP contribution >= 0.6 is 11.6 Å². The first-order valence-corrected chi connectivity index (χ1v) is 5.09. The van der Waals surface area contributed by atoms with Gasteiger partial charge in [0.25, 0.3) is 5.91 Å². The number of amides is 1. The van der Waals surface area contributed by atoms with Crippen LogP contribution in [0.3, 0.4) is 0 Å². The van der Waals surface area contributed by atoms with Gasteiger partial charge in [-0.05, 0) is 18.2 Å². The van der Waals surface area contributed by atoms with Gasteiger partial charge in [-0.2, -0.15) is 5.10 Å². The lowest BCUT2D eigenvalue weighted by atomic mass is 10.1. The first-order valence-electron chi connectivity index (χ1n) is 4.71. The fraction of sp³-hybridized carbons (Fsp3) is 0.0909. The predicted molar refractivity (Wildman–Crippen MR) is 63.4 cm³/mol. The van der Waals surface area contributed by atoms with E-state index < -0.39 is 0 Å². The van der Waals surface area contributed by atoms with Crippen LogP contribution in [0.15, 0.2) is 36.0 Å². The largest absolute Gasteiger partial charge is 0.347 e. The second-order valence-corrected chi connectivity index (χ2v) is 3.91. The molecular weight excluding hydrogens is 226 g/mol. The predicted octanol–water partition coefficient (Wildman–Crippen LogP) is 2.05. The van der Waals surface area contributed by atoms with Gasteiger partial charge in [-0.3, -0.25) is 9.89 Å². The number of rotatable bonds is 3. The zero-order valence-electron chi connectivity index (χ0n) is 8.46. The Kier molecular flexibility index (Phi) is 2.92.